The van der Waals surface area contributed by atoms with Crippen molar-refractivity contribution in [1.29, 1.82) is 0 Å². The number of hydrogen-bond donors (Lipinski definition) is 5. The van der Waals surface area contributed by atoms with E-state index in [-0.39, 0.29) is 41.0 Å². The number of halogens is 6. The second kappa shape index (κ2) is 14.8. The molecule has 0 aliphatic carbocycles. The Hall–Kier alpha value is -3.64. The van der Waals surface area contributed by atoms with E-state index in [1.807, 2.05) is 6.92 Å². The number of hydrogen-bond acceptors (Lipinski definition) is 7. The first-order valence-electron chi connectivity index (χ1n) is 13.1. The molecule has 0 spiro atoms. The van der Waals surface area contributed by atoms with Crippen molar-refractivity contribution in [3.05, 3.63) is 45.5 Å². The third kappa shape index (κ3) is 8.67. The van der Waals surface area contributed by atoms with Gasteiger partial charge in [0.05, 0.1) is 11.1 Å². The monoisotopic (exact) mass is 595 g/mol. The third-order valence-corrected chi connectivity index (χ3v) is 6.06. The van der Waals surface area contributed by atoms with Gasteiger partial charge in [0.1, 0.15) is 23.0 Å². The van der Waals surface area contributed by atoms with Crippen molar-refractivity contribution >= 4 is 11.5 Å². The van der Waals surface area contributed by atoms with Crippen molar-refractivity contribution < 1.29 is 56.8 Å². The maximum Gasteiger partial charge on any atom is 0.455 e. The van der Waals surface area contributed by atoms with E-state index in [0.29, 0.717) is 44.1 Å². The molecule has 0 aliphatic rings. The molecule has 0 atom stereocenters. The predicted molar refractivity (Wildman–Crippen MR) is 140 cm³/mol. The van der Waals surface area contributed by atoms with Gasteiger partial charge in [-0.15, -0.1) is 0 Å². The summed E-state index contributed by atoms with van der Waals surface area (Å²) in [6.45, 7) is 7.15. The van der Waals surface area contributed by atoms with Crippen molar-refractivity contribution in [2.24, 2.45) is 5.16 Å². The second-order valence-corrected chi connectivity index (χ2v) is 9.29. The number of phenolic OH excluding ortho intramolecular Hbond substituents is 4. The number of benzene rings is 2. The summed E-state index contributed by atoms with van der Waals surface area (Å²) in [5, 5.41) is 50.8. The summed E-state index contributed by atoms with van der Waals surface area (Å²) in [4.78, 5) is 11.3. The van der Waals surface area contributed by atoms with Crippen molar-refractivity contribution in [1.82, 2.24) is 0 Å². The third-order valence-electron chi connectivity index (χ3n) is 6.06. The quantitative estimate of drug-likeness (QED) is 0.0636. The minimum Gasteiger partial charge on any atom is -0.507 e. The van der Waals surface area contributed by atoms with Crippen LogP contribution in [0.3, 0.4) is 0 Å². The predicted octanol–water partition coefficient (Wildman–Crippen LogP) is 7.49. The van der Waals surface area contributed by atoms with Gasteiger partial charge in [-0.3, -0.25) is 4.79 Å². The Bertz CT molecular complexity index is 1240. The molecule has 0 aliphatic heterocycles. The Balaban J connectivity index is 0.000000410. The number of nitrogens with zero attached hydrogens (tertiary/aromatic N) is 1. The molecule has 0 unspecified atom stereocenters. The molecule has 41 heavy (non-hydrogen) atoms. The first-order valence-corrected chi connectivity index (χ1v) is 13.1. The van der Waals surface area contributed by atoms with Gasteiger partial charge >= 0.3 is 12.4 Å². The van der Waals surface area contributed by atoms with E-state index in [9.17, 15) is 51.6 Å². The van der Waals surface area contributed by atoms with Crippen LogP contribution in [0.4, 0.5) is 26.3 Å². The Kier molecular flexibility index (Phi) is 12.8. The van der Waals surface area contributed by atoms with Gasteiger partial charge in [0, 0.05) is 11.1 Å². The number of rotatable bonds is 10. The minimum atomic E-state index is -5.05. The Labute approximate surface area is 233 Å². The van der Waals surface area contributed by atoms with E-state index in [1.54, 1.807) is 20.8 Å². The molecule has 2 rings (SSSR count). The van der Waals surface area contributed by atoms with Crippen molar-refractivity contribution in [3.63, 3.8) is 0 Å². The molecule has 0 amide bonds. The summed E-state index contributed by atoms with van der Waals surface area (Å²) < 4.78 is 76.2. The molecular formula is C28H35F6NO6. The van der Waals surface area contributed by atoms with Crippen molar-refractivity contribution in [2.45, 2.75) is 91.4 Å². The molecule has 0 saturated carbocycles. The zero-order chi connectivity index (χ0) is 31.7. The van der Waals surface area contributed by atoms with Crippen molar-refractivity contribution in [2.75, 3.05) is 0 Å². The zero-order valence-electron chi connectivity index (χ0n) is 23.2. The highest BCUT2D eigenvalue weighted by atomic mass is 19.4. The van der Waals surface area contributed by atoms with E-state index >= 15 is 0 Å². The molecule has 0 aromatic heterocycles. The highest BCUT2D eigenvalue weighted by Gasteiger charge is 2.42. The number of aromatic hydroxyl groups is 4. The summed E-state index contributed by atoms with van der Waals surface area (Å²) >= 11 is 0. The van der Waals surface area contributed by atoms with Gasteiger partial charge in [-0.1, -0.05) is 58.5 Å². The summed E-state index contributed by atoms with van der Waals surface area (Å²) in [6.07, 6.45) is -6.58. The summed E-state index contributed by atoms with van der Waals surface area (Å²) in [7, 11) is 0. The highest BCUT2D eigenvalue weighted by Crippen LogP contribution is 2.40. The van der Waals surface area contributed by atoms with Crippen LogP contribution in [0, 0.1) is 0 Å². The number of oxime groups is 1. The van der Waals surface area contributed by atoms with Gasteiger partial charge in [-0.05, 0) is 48.9 Å². The Morgan fingerprint density at radius 2 is 1.00 bits per heavy atom. The fourth-order valence-electron chi connectivity index (χ4n) is 4.22. The fourth-order valence-corrected chi connectivity index (χ4v) is 4.22. The van der Waals surface area contributed by atoms with Gasteiger partial charge < -0.3 is 25.6 Å². The van der Waals surface area contributed by atoms with Crippen LogP contribution in [0.2, 0.25) is 0 Å². The molecule has 0 bridgehead atoms. The smallest absolute Gasteiger partial charge is 0.455 e. The summed E-state index contributed by atoms with van der Waals surface area (Å²) in [6, 6.07) is 1.96. The van der Waals surface area contributed by atoms with Crippen LogP contribution >= 0.6 is 0 Å². The molecule has 2 aromatic carbocycles. The standard InChI is InChI=1S/C14H18F3NO3.C14H17F3O3/c1-3-5-8-7-10(13(18-21)14(15,16)17)12(20)9(6-4-2)11(8)19;1-3-5-8-7-10(13(20)14(15,16)17)12(19)9(6-4-2)11(8)18/h7,19-21H,3-6H2,1-2H3;7,18-19H,3-6H2,1-2H3/b18-13+;. The van der Waals surface area contributed by atoms with Crippen LogP contribution in [-0.4, -0.2) is 49.5 Å². The first kappa shape index (κ1) is 35.4. The number of ketones is 1. The largest absolute Gasteiger partial charge is 0.507 e. The van der Waals surface area contributed by atoms with Gasteiger partial charge in [0.25, 0.3) is 5.78 Å². The van der Waals surface area contributed by atoms with Crippen LogP contribution in [0.25, 0.3) is 0 Å². The van der Waals surface area contributed by atoms with E-state index in [1.165, 1.54) is 0 Å². The fraction of sp³-hybridized carbons (Fsp3) is 0.500. The van der Waals surface area contributed by atoms with E-state index in [4.69, 9.17) is 5.21 Å². The molecule has 0 heterocycles. The van der Waals surface area contributed by atoms with Crippen LogP contribution in [0.5, 0.6) is 23.0 Å². The van der Waals surface area contributed by atoms with E-state index in [0.717, 1.165) is 12.1 Å². The molecule has 0 fully saturated rings. The number of phenols is 4. The summed E-state index contributed by atoms with van der Waals surface area (Å²) in [5.41, 5.74) is -2.39. The molecular weight excluding hydrogens is 560 g/mol. The topological polar surface area (TPSA) is 131 Å². The maximum absolute atomic E-state index is 12.9. The Morgan fingerprint density at radius 3 is 1.32 bits per heavy atom. The normalized spacial score (nSPS) is 12.2. The van der Waals surface area contributed by atoms with E-state index < -0.39 is 46.5 Å². The lowest BCUT2D eigenvalue weighted by Crippen LogP contribution is -2.24. The molecule has 230 valence electrons. The number of Topliss-reactive ketones (excluding diaryl/α,β-unsaturated/α-hetero) is 1. The van der Waals surface area contributed by atoms with E-state index in [2.05, 4.69) is 5.16 Å². The van der Waals surface area contributed by atoms with Gasteiger partial charge in [0.2, 0.25) is 0 Å². The number of alkyl halides is 6. The van der Waals surface area contributed by atoms with Crippen LogP contribution in [-0.2, 0) is 25.7 Å². The summed E-state index contributed by atoms with van der Waals surface area (Å²) in [5.74, 6) is -3.97. The Morgan fingerprint density at radius 1 is 0.634 bits per heavy atom. The van der Waals surface area contributed by atoms with Crippen LogP contribution < -0.4 is 0 Å². The lowest BCUT2D eigenvalue weighted by Gasteiger charge is -2.17. The number of aryl methyl sites for hydroxylation is 2. The maximum atomic E-state index is 12.9. The minimum absolute atomic E-state index is 0.00560. The van der Waals surface area contributed by atoms with Crippen LogP contribution in [0.15, 0.2) is 17.3 Å². The van der Waals surface area contributed by atoms with Gasteiger partial charge in [-0.2, -0.15) is 26.3 Å². The van der Waals surface area contributed by atoms with Crippen molar-refractivity contribution in [3.8, 4) is 23.0 Å². The van der Waals surface area contributed by atoms with Crippen LogP contribution in [0.1, 0.15) is 91.6 Å². The average Bonchev–Trinajstić information content (AvgIpc) is 2.88. The lowest BCUT2D eigenvalue weighted by atomic mass is 9.94. The first-order chi connectivity index (χ1) is 19.0. The molecule has 2 aromatic rings. The van der Waals surface area contributed by atoms with Gasteiger partial charge in [-0.25, -0.2) is 0 Å². The van der Waals surface area contributed by atoms with Gasteiger partial charge in [0.15, 0.2) is 5.71 Å². The molecule has 0 radical (unpaired) electrons. The average molecular weight is 596 g/mol. The highest BCUT2D eigenvalue weighted by molar-refractivity contribution is 6.07. The second-order valence-electron chi connectivity index (χ2n) is 9.29. The number of carbonyl (C=O) groups is 1. The SMILES string of the molecule is CCCc1cc(/C(=N\O)C(F)(F)F)c(O)c(CCC)c1O.CCCc1cc(C(=O)C(F)(F)F)c(O)c(CCC)c1O. The zero-order valence-corrected chi connectivity index (χ0v) is 23.2. The molecule has 7 nitrogen and oxygen atoms in total. The molecule has 5 N–H and O–H groups in total. The lowest BCUT2D eigenvalue weighted by molar-refractivity contribution is -0.0886. The number of carbonyl (C=O) groups excluding carboxylic acids is 1. The molecule has 13 heteroatoms. The molecule has 0 saturated heterocycles.